The van der Waals surface area contributed by atoms with E-state index in [2.05, 4.69) is 10.1 Å². The number of halogens is 2. The van der Waals surface area contributed by atoms with Crippen LogP contribution in [0.3, 0.4) is 0 Å². The Morgan fingerprint density at radius 3 is 2.43 bits per heavy atom. The van der Waals surface area contributed by atoms with Crippen molar-refractivity contribution in [3.63, 3.8) is 0 Å². The van der Waals surface area contributed by atoms with Crippen LogP contribution >= 0.6 is 0 Å². The predicted molar refractivity (Wildman–Crippen MR) is 92.7 cm³/mol. The van der Waals surface area contributed by atoms with Crippen LogP contribution in [0.25, 0.3) is 28.0 Å². The first kappa shape index (κ1) is 20.6. The first-order valence-electron chi connectivity index (χ1n) is 8.01. The summed E-state index contributed by atoms with van der Waals surface area (Å²) < 4.78 is 28.7. The molecule has 5 nitrogen and oxygen atoms in total. The van der Waals surface area contributed by atoms with Gasteiger partial charge in [-0.25, -0.2) is 18.3 Å². The van der Waals surface area contributed by atoms with Crippen LogP contribution in [0.5, 0.6) is 5.88 Å². The fourth-order valence-electron chi connectivity index (χ4n) is 2.97. The molecule has 0 atom stereocenters. The topological polar surface area (TPSA) is 77.0 Å². The van der Waals surface area contributed by atoms with Crippen LogP contribution in [0.15, 0.2) is 48.5 Å². The van der Waals surface area contributed by atoms with Crippen LogP contribution in [0.1, 0.15) is 11.3 Å². The number of hydrogen-bond acceptors (Lipinski definition) is 4. The Hall–Kier alpha value is -2.15. The summed E-state index contributed by atoms with van der Waals surface area (Å²) in [5, 5.41) is 25.5. The number of hydrogen-bond donors (Lipinski definition) is 0. The van der Waals surface area contributed by atoms with Crippen molar-refractivity contribution in [2.45, 2.75) is 6.92 Å². The maximum absolute atomic E-state index is 14.3. The minimum absolute atomic E-state index is 0. The van der Waals surface area contributed by atoms with Crippen LogP contribution < -0.4 is 56.5 Å². The average Bonchev–Trinajstić information content (AvgIpc) is 2.98. The third kappa shape index (κ3) is 3.59. The van der Waals surface area contributed by atoms with Gasteiger partial charge in [0.25, 0.3) is 0 Å². The van der Waals surface area contributed by atoms with Gasteiger partial charge >= 0.3 is 51.4 Å². The van der Waals surface area contributed by atoms with Crippen molar-refractivity contribution in [2.75, 3.05) is 0 Å². The van der Waals surface area contributed by atoms with Gasteiger partial charge in [-0.3, -0.25) is 0 Å². The summed E-state index contributed by atoms with van der Waals surface area (Å²) in [6.07, 6.45) is 0. The van der Waals surface area contributed by atoms with Gasteiger partial charge in [-0.1, -0.05) is 12.1 Å². The van der Waals surface area contributed by atoms with Gasteiger partial charge in [0.15, 0.2) is 5.65 Å². The molecule has 4 rings (SSSR count). The van der Waals surface area contributed by atoms with Gasteiger partial charge in [0, 0.05) is 17.2 Å². The van der Waals surface area contributed by atoms with Crippen LogP contribution in [0.4, 0.5) is 8.78 Å². The molecule has 0 N–H and O–H groups in total. The fourth-order valence-corrected chi connectivity index (χ4v) is 2.97. The van der Waals surface area contributed by atoms with Crippen molar-refractivity contribution >= 4 is 5.65 Å². The molecule has 0 aliphatic heterocycles. The third-order valence-corrected chi connectivity index (χ3v) is 4.24. The monoisotopic (exact) mass is 400 g/mol. The molecule has 4 aromatic rings. The predicted octanol–water partition coefficient (Wildman–Crippen LogP) is 0.599. The van der Waals surface area contributed by atoms with E-state index in [-0.39, 0.29) is 62.6 Å². The third-order valence-electron chi connectivity index (χ3n) is 4.24. The molecule has 0 spiro atoms. The van der Waals surface area contributed by atoms with E-state index in [1.807, 2.05) is 6.07 Å². The normalized spacial score (nSPS) is 10.5. The largest absolute Gasteiger partial charge is 1.00 e. The molecule has 8 heteroatoms. The van der Waals surface area contributed by atoms with Gasteiger partial charge in [-0.2, -0.15) is 10.4 Å². The fraction of sp³-hybridized carbons (Fsp3) is 0.0500. The van der Waals surface area contributed by atoms with Crippen LogP contribution in [-0.4, -0.2) is 14.6 Å². The van der Waals surface area contributed by atoms with Crippen molar-refractivity contribution in [2.24, 2.45) is 0 Å². The molecule has 0 amide bonds. The summed E-state index contributed by atoms with van der Waals surface area (Å²) in [6, 6.07) is 13.2. The van der Waals surface area contributed by atoms with Gasteiger partial charge in [0.1, 0.15) is 11.6 Å². The first-order valence-corrected chi connectivity index (χ1v) is 8.01. The molecule has 0 unspecified atom stereocenters. The van der Waals surface area contributed by atoms with E-state index in [4.69, 9.17) is 5.26 Å². The molecule has 0 saturated carbocycles. The summed E-state index contributed by atoms with van der Waals surface area (Å²) in [6.45, 7) is 1.63. The molecule has 2 aromatic carbocycles. The number of nitriles is 1. The molecule has 2 heterocycles. The summed E-state index contributed by atoms with van der Waals surface area (Å²) in [5.41, 5.74) is 2.54. The van der Waals surface area contributed by atoms with Crippen molar-refractivity contribution < 1.29 is 65.3 Å². The first-order chi connectivity index (χ1) is 13.0. The Bertz CT molecular complexity index is 1230. The van der Waals surface area contributed by atoms with E-state index < -0.39 is 17.5 Å². The number of fused-ring (bicyclic) bond motifs is 1. The summed E-state index contributed by atoms with van der Waals surface area (Å²) in [5.74, 6) is -1.87. The van der Waals surface area contributed by atoms with Crippen molar-refractivity contribution in [1.82, 2.24) is 14.6 Å². The second-order valence-corrected chi connectivity index (χ2v) is 5.99. The minimum atomic E-state index is -0.758. The maximum atomic E-state index is 14.3. The summed E-state index contributed by atoms with van der Waals surface area (Å²) in [4.78, 5) is 4.48. The van der Waals surface area contributed by atoms with E-state index >= 15 is 0 Å². The van der Waals surface area contributed by atoms with E-state index in [1.165, 1.54) is 12.1 Å². The van der Waals surface area contributed by atoms with E-state index in [0.717, 1.165) is 16.6 Å². The molecule has 0 radical (unpaired) electrons. The smallest absolute Gasteiger partial charge is 0.858 e. The molecular weight excluding hydrogens is 389 g/mol. The summed E-state index contributed by atoms with van der Waals surface area (Å²) in [7, 11) is 0. The van der Waals surface area contributed by atoms with Crippen LogP contribution in [-0.2, 0) is 0 Å². The van der Waals surface area contributed by atoms with Gasteiger partial charge in [0.2, 0.25) is 0 Å². The number of aryl methyl sites for hydroxylation is 1. The summed E-state index contributed by atoms with van der Waals surface area (Å²) >= 11 is 0. The second kappa shape index (κ2) is 8.07. The molecule has 0 fully saturated rings. The molecular formula is C20H11F2KN4O. The number of aromatic nitrogens is 3. The Kier molecular flexibility index (Phi) is 5.93. The Morgan fingerprint density at radius 1 is 1.07 bits per heavy atom. The molecule has 132 valence electrons. The molecule has 0 bridgehead atoms. The van der Waals surface area contributed by atoms with Crippen LogP contribution in [0.2, 0.25) is 0 Å². The van der Waals surface area contributed by atoms with Gasteiger partial charge in [0.05, 0.1) is 28.6 Å². The average molecular weight is 400 g/mol. The van der Waals surface area contributed by atoms with Crippen molar-refractivity contribution in [3.05, 3.63) is 71.4 Å². The van der Waals surface area contributed by atoms with Crippen molar-refractivity contribution in [3.8, 4) is 34.3 Å². The standard InChI is InChI=1S/C20H12F2N4O.K/c1-11-19(15-7-6-14(21)8-16(15)22)20-24-17(9-18(27)26(20)25-11)13-4-2-12(10-23)3-5-13;/h2-9,27H,1H3;/q;+1/p-1. The van der Waals surface area contributed by atoms with E-state index in [9.17, 15) is 13.9 Å². The van der Waals surface area contributed by atoms with E-state index in [1.54, 1.807) is 31.2 Å². The quantitative estimate of drug-likeness (QED) is 0.462. The second-order valence-electron chi connectivity index (χ2n) is 5.99. The molecule has 0 aliphatic carbocycles. The number of nitrogens with zero attached hydrogens (tertiary/aromatic N) is 4. The van der Waals surface area contributed by atoms with E-state index in [0.29, 0.717) is 28.1 Å². The molecule has 2 aromatic heterocycles. The number of rotatable bonds is 2. The van der Waals surface area contributed by atoms with Gasteiger partial charge in [-0.05, 0) is 43.1 Å². The van der Waals surface area contributed by atoms with Crippen molar-refractivity contribution in [1.29, 1.82) is 5.26 Å². The molecule has 0 saturated heterocycles. The van der Waals surface area contributed by atoms with Gasteiger partial charge in [-0.15, -0.1) is 0 Å². The zero-order chi connectivity index (χ0) is 19.1. The zero-order valence-corrected chi connectivity index (χ0v) is 18.2. The Balaban J connectivity index is 0.00000225. The zero-order valence-electron chi connectivity index (χ0n) is 15.1. The molecule has 28 heavy (non-hydrogen) atoms. The van der Waals surface area contributed by atoms with Crippen LogP contribution in [0, 0.1) is 29.9 Å². The SMILES string of the molecule is Cc1nn2c([O-])cc(-c3ccc(C#N)cc3)nc2c1-c1ccc(F)cc1F.[K+]. The Morgan fingerprint density at radius 2 is 1.79 bits per heavy atom. The maximum Gasteiger partial charge on any atom is 1.00 e. The Labute approximate surface area is 201 Å². The number of benzene rings is 2. The molecule has 0 aliphatic rings. The van der Waals surface area contributed by atoms with Gasteiger partial charge < -0.3 is 5.11 Å². The minimum Gasteiger partial charge on any atom is -0.858 e.